The van der Waals surface area contributed by atoms with Crippen molar-refractivity contribution in [2.75, 3.05) is 18.0 Å². The third-order valence-electron chi connectivity index (χ3n) is 4.69. The molecule has 0 radical (unpaired) electrons. The molecule has 3 heterocycles. The van der Waals surface area contributed by atoms with Gasteiger partial charge in [-0.05, 0) is 26.2 Å². The van der Waals surface area contributed by atoms with Gasteiger partial charge in [0, 0.05) is 26.3 Å². The van der Waals surface area contributed by atoms with Gasteiger partial charge in [0.1, 0.15) is 12.1 Å². The summed E-state index contributed by atoms with van der Waals surface area (Å²) in [5.74, 6) is -0.875. The molecule has 0 aromatic carbocycles. The first-order valence-electron chi connectivity index (χ1n) is 7.91. The molecule has 2 atom stereocenters. The second-order valence-corrected chi connectivity index (χ2v) is 6.31. The molecule has 23 heavy (non-hydrogen) atoms. The number of hydrogen-bond donors (Lipinski definition) is 1. The number of nitrogens with zero attached hydrogens (tertiary/aromatic N) is 4. The molecule has 0 aliphatic carbocycles. The summed E-state index contributed by atoms with van der Waals surface area (Å²) in [7, 11) is 1.78. The van der Waals surface area contributed by atoms with Gasteiger partial charge in [0.25, 0.3) is 0 Å². The van der Waals surface area contributed by atoms with E-state index in [2.05, 4.69) is 18.1 Å². The first-order valence-corrected chi connectivity index (χ1v) is 7.91. The van der Waals surface area contributed by atoms with Gasteiger partial charge >= 0.3 is 5.97 Å². The number of rotatable bonds is 3. The number of carboxylic acids is 1. The molecule has 3 rings (SSSR count). The highest BCUT2D eigenvalue weighted by molar-refractivity contribution is 5.90. The molecular weight excluding hydrogens is 296 g/mol. The molecule has 124 valence electrons. The number of amides is 1. The van der Waals surface area contributed by atoms with E-state index in [-0.39, 0.29) is 5.91 Å². The summed E-state index contributed by atoms with van der Waals surface area (Å²) in [6.07, 6.45) is 7.38. The first kappa shape index (κ1) is 15.6. The second-order valence-electron chi connectivity index (χ2n) is 6.31. The molecule has 2 aliphatic rings. The number of aromatic nitrogens is 2. The highest BCUT2D eigenvalue weighted by Gasteiger charge is 2.43. The van der Waals surface area contributed by atoms with Crippen molar-refractivity contribution in [1.29, 1.82) is 0 Å². The molecule has 0 saturated carbocycles. The SMILES string of the molecule is CC1=CCN(C(=O)C2CCC(C(=O)O)N2c2cnn(C)c2)CC1. The van der Waals surface area contributed by atoms with Gasteiger partial charge in [0.2, 0.25) is 5.91 Å². The van der Waals surface area contributed by atoms with Crippen LogP contribution >= 0.6 is 0 Å². The average molecular weight is 318 g/mol. The Balaban J connectivity index is 1.85. The quantitative estimate of drug-likeness (QED) is 0.842. The summed E-state index contributed by atoms with van der Waals surface area (Å²) in [5.41, 5.74) is 1.99. The maximum Gasteiger partial charge on any atom is 0.326 e. The van der Waals surface area contributed by atoms with E-state index in [1.165, 1.54) is 5.57 Å². The van der Waals surface area contributed by atoms with Gasteiger partial charge in [-0.3, -0.25) is 9.48 Å². The number of carboxylic acid groups (broad SMARTS) is 1. The maximum absolute atomic E-state index is 12.9. The van der Waals surface area contributed by atoms with Crippen molar-refractivity contribution in [2.45, 2.75) is 38.3 Å². The Kier molecular flexibility index (Phi) is 4.11. The molecule has 1 amide bonds. The van der Waals surface area contributed by atoms with Gasteiger partial charge < -0.3 is 14.9 Å². The third kappa shape index (κ3) is 2.95. The predicted octanol–water partition coefficient (Wildman–Crippen LogP) is 1.02. The van der Waals surface area contributed by atoms with Crippen molar-refractivity contribution in [2.24, 2.45) is 7.05 Å². The summed E-state index contributed by atoms with van der Waals surface area (Å²) in [4.78, 5) is 28.0. The van der Waals surface area contributed by atoms with Crippen LogP contribution in [0.5, 0.6) is 0 Å². The van der Waals surface area contributed by atoms with Crippen LogP contribution in [0.2, 0.25) is 0 Å². The number of hydrogen-bond acceptors (Lipinski definition) is 4. The van der Waals surface area contributed by atoms with Crippen molar-refractivity contribution in [1.82, 2.24) is 14.7 Å². The van der Waals surface area contributed by atoms with E-state index in [0.29, 0.717) is 31.6 Å². The Morgan fingerprint density at radius 3 is 2.61 bits per heavy atom. The zero-order valence-corrected chi connectivity index (χ0v) is 13.5. The Morgan fingerprint density at radius 1 is 1.30 bits per heavy atom. The zero-order chi connectivity index (χ0) is 16.6. The molecule has 0 bridgehead atoms. The number of aryl methyl sites for hydroxylation is 1. The van der Waals surface area contributed by atoms with Gasteiger partial charge in [-0.1, -0.05) is 11.6 Å². The Labute approximate surface area is 135 Å². The second kappa shape index (κ2) is 6.06. The minimum atomic E-state index is -0.890. The van der Waals surface area contributed by atoms with Gasteiger partial charge in [-0.15, -0.1) is 0 Å². The third-order valence-corrected chi connectivity index (χ3v) is 4.69. The lowest BCUT2D eigenvalue weighted by atomic mass is 10.1. The standard InChI is InChI=1S/C16H22N4O3/c1-11-5-7-19(8-6-11)15(21)13-3-4-14(16(22)23)20(13)12-9-17-18(2)10-12/h5,9-10,13-14H,3-4,6-8H2,1-2H3,(H,22,23). The molecule has 2 unspecified atom stereocenters. The molecule has 0 spiro atoms. The molecule has 1 aromatic rings. The van der Waals surface area contributed by atoms with Crippen LogP contribution in [0, 0.1) is 0 Å². The summed E-state index contributed by atoms with van der Waals surface area (Å²) in [6, 6.07) is -1.10. The van der Waals surface area contributed by atoms with Crippen LogP contribution < -0.4 is 4.90 Å². The average Bonchev–Trinajstić information content (AvgIpc) is 3.13. The lowest BCUT2D eigenvalue weighted by Gasteiger charge is -2.33. The lowest BCUT2D eigenvalue weighted by Crippen LogP contribution is -2.50. The summed E-state index contributed by atoms with van der Waals surface area (Å²) < 4.78 is 1.63. The number of anilines is 1. The van der Waals surface area contributed by atoms with Crippen LogP contribution in [0.3, 0.4) is 0 Å². The molecule has 1 saturated heterocycles. The van der Waals surface area contributed by atoms with E-state index in [4.69, 9.17) is 0 Å². The Hall–Kier alpha value is -2.31. The van der Waals surface area contributed by atoms with Crippen LogP contribution in [0.1, 0.15) is 26.2 Å². The molecule has 2 aliphatic heterocycles. The fourth-order valence-corrected chi connectivity index (χ4v) is 3.38. The predicted molar refractivity (Wildman–Crippen MR) is 85.1 cm³/mol. The molecule has 1 fully saturated rings. The summed E-state index contributed by atoms with van der Waals surface area (Å²) in [6.45, 7) is 3.38. The highest BCUT2D eigenvalue weighted by Crippen LogP contribution is 2.32. The fourth-order valence-electron chi connectivity index (χ4n) is 3.38. The molecule has 7 heteroatoms. The minimum absolute atomic E-state index is 0.0151. The van der Waals surface area contributed by atoms with Gasteiger partial charge in [0.15, 0.2) is 0 Å². The molecule has 7 nitrogen and oxygen atoms in total. The van der Waals surface area contributed by atoms with E-state index in [1.807, 2.05) is 4.90 Å². The van der Waals surface area contributed by atoms with Gasteiger partial charge in [0.05, 0.1) is 11.9 Å². The number of aliphatic carboxylic acids is 1. The van der Waals surface area contributed by atoms with Crippen molar-refractivity contribution in [3.63, 3.8) is 0 Å². The lowest BCUT2D eigenvalue weighted by molar-refractivity contribution is -0.138. The normalized spacial score (nSPS) is 24.7. The molecule has 1 aromatic heterocycles. The topological polar surface area (TPSA) is 78.7 Å². The van der Waals surface area contributed by atoms with Crippen LogP contribution in [0.25, 0.3) is 0 Å². The van der Waals surface area contributed by atoms with E-state index >= 15 is 0 Å². The van der Waals surface area contributed by atoms with Crippen molar-refractivity contribution in [3.8, 4) is 0 Å². The Bertz CT molecular complexity index is 652. The van der Waals surface area contributed by atoms with Gasteiger partial charge in [-0.25, -0.2) is 4.79 Å². The molecular formula is C16H22N4O3. The molecule has 1 N–H and O–H groups in total. The smallest absolute Gasteiger partial charge is 0.326 e. The highest BCUT2D eigenvalue weighted by atomic mass is 16.4. The van der Waals surface area contributed by atoms with Crippen LogP contribution in [-0.2, 0) is 16.6 Å². The Morgan fingerprint density at radius 2 is 2.04 bits per heavy atom. The summed E-state index contributed by atoms with van der Waals surface area (Å²) >= 11 is 0. The zero-order valence-electron chi connectivity index (χ0n) is 13.5. The van der Waals surface area contributed by atoms with E-state index in [1.54, 1.807) is 29.0 Å². The van der Waals surface area contributed by atoms with Crippen molar-refractivity contribution >= 4 is 17.6 Å². The van der Waals surface area contributed by atoms with Crippen LogP contribution in [0.15, 0.2) is 24.0 Å². The monoisotopic (exact) mass is 318 g/mol. The number of carbonyl (C=O) groups excluding carboxylic acids is 1. The van der Waals surface area contributed by atoms with Crippen LogP contribution in [0.4, 0.5) is 5.69 Å². The number of carbonyl (C=O) groups is 2. The first-order chi connectivity index (χ1) is 11.0. The van der Waals surface area contributed by atoms with E-state index < -0.39 is 18.1 Å². The largest absolute Gasteiger partial charge is 0.480 e. The van der Waals surface area contributed by atoms with Crippen LogP contribution in [-0.4, -0.2) is 56.8 Å². The van der Waals surface area contributed by atoms with Crippen molar-refractivity contribution < 1.29 is 14.7 Å². The minimum Gasteiger partial charge on any atom is -0.480 e. The van der Waals surface area contributed by atoms with Gasteiger partial charge in [-0.2, -0.15) is 5.10 Å². The maximum atomic E-state index is 12.9. The van der Waals surface area contributed by atoms with E-state index in [9.17, 15) is 14.7 Å². The van der Waals surface area contributed by atoms with E-state index in [0.717, 1.165) is 6.42 Å². The summed E-state index contributed by atoms with van der Waals surface area (Å²) in [5, 5.41) is 13.6. The fraction of sp³-hybridized carbons (Fsp3) is 0.562. The van der Waals surface area contributed by atoms with Crippen molar-refractivity contribution in [3.05, 3.63) is 24.0 Å².